The van der Waals surface area contributed by atoms with Crippen molar-refractivity contribution in [3.63, 3.8) is 0 Å². The van der Waals surface area contributed by atoms with Crippen molar-refractivity contribution < 1.29 is 33.6 Å². The van der Waals surface area contributed by atoms with Gasteiger partial charge in [-0.05, 0) is 19.8 Å². The van der Waals surface area contributed by atoms with Crippen molar-refractivity contribution in [2.75, 3.05) is 13.2 Å². The van der Waals surface area contributed by atoms with Gasteiger partial charge in [0, 0.05) is 19.3 Å². The van der Waals surface area contributed by atoms with E-state index in [-0.39, 0.29) is 18.7 Å². The molecule has 26 heavy (non-hydrogen) atoms. The zero-order chi connectivity index (χ0) is 18.9. The predicted octanol–water partition coefficient (Wildman–Crippen LogP) is 1.12. The van der Waals surface area contributed by atoms with Crippen LogP contribution in [0.5, 0.6) is 0 Å². The van der Waals surface area contributed by atoms with Crippen molar-refractivity contribution >= 4 is 11.9 Å². The maximum absolute atomic E-state index is 11.6. The number of carbonyl (C=O) groups is 2. The molecule has 7 heteroatoms. The lowest BCUT2D eigenvalue weighted by Gasteiger charge is -2.59. The molecule has 0 aromatic rings. The molecule has 7 atom stereocenters. The highest BCUT2D eigenvalue weighted by Crippen LogP contribution is 2.71. The Morgan fingerprint density at radius 3 is 2.62 bits per heavy atom. The number of ether oxygens (including phenoxy) is 4. The van der Waals surface area contributed by atoms with Crippen molar-refractivity contribution in [2.45, 2.75) is 70.6 Å². The summed E-state index contributed by atoms with van der Waals surface area (Å²) in [6.45, 7) is 7.26. The molecular formula is C19H26O7. The number of rotatable bonds is 3. The van der Waals surface area contributed by atoms with Crippen LogP contribution in [0.2, 0.25) is 0 Å². The molecule has 7 nitrogen and oxygen atoms in total. The summed E-state index contributed by atoms with van der Waals surface area (Å²) < 4.78 is 23.3. The molecule has 1 spiro atoms. The Hall–Kier alpha value is -1.44. The Morgan fingerprint density at radius 2 is 2.04 bits per heavy atom. The molecular weight excluding hydrogens is 340 g/mol. The first-order chi connectivity index (χ1) is 12.2. The summed E-state index contributed by atoms with van der Waals surface area (Å²) >= 11 is 0. The molecule has 0 aromatic heterocycles. The summed E-state index contributed by atoms with van der Waals surface area (Å²) in [4.78, 5) is 23.2. The highest BCUT2D eigenvalue weighted by molar-refractivity contribution is 5.66. The monoisotopic (exact) mass is 366 g/mol. The van der Waals surface area contributed by atoms with E-state index in [9.17, 15) is 14.7 Å². The van der Waals surface area contributed by atoms with Crippen molar-refractivity contribution in [3.8, 4) is 0 Å². The summed E-state index contributed by atoms with van der Waals surface area (Å²) in [6, 6.07) is 0. The summed E-state index contributed by atoms with van der Waals surface area (Å²) in [7, 11) is 0. The van der Waals surface area contributed by atoms with E-state index in [1.807, 2.05) is 19.9 Å². The fourth-order valence-corrected chi connectivity index (χ4v) is 5.67. The second kappa shape index (κ2) is 5.53. The number of hydrogen-bond donors (Lipinski definition) is 1. The van der Waals surface area contributed by atoms with Gasteiger partial charge in [0.2, 0.25) is 0 Å². The number of hydrogen-bond acceptors (Lipinski definition) is 7. The number of epoxide rings is 1. The molecule has 0 unspecified atom stereocenters. The molecule has 1 N–H and O–H groups in total. The van der Waals surface area contributed by atoms with Crippen LogP contribution in [0.15, 0.2) is 11.6 Å². The lowest BCUT2D eigenvalue weighted by Crippen LogP contribution is -2.69. The third-order valence-electron chi connectivity index (χ3n) is 7.00. The molecule has 1 saturated carbocycles. The third-order valence-corrected chi connectivity index (χ3v) is 7.00. The van der Waals surface area contributed by atoms with Crippen LogP contribution >= 0.6 is 0 Å². The lowest BCUT2D eigenvalue weighted by molar-refractivity contribution is -0.252. The molecule has 4 rings (SSSR count). The quantitative estimate of drug-likeness (QED) is 0.454. The number of carbonyl (C=O) groups excluding carboxylic acids is 2. The average molecular weight is 366 g/mol. The van der Waals surface area contributed by atoms with Gasteiger partial charge in [-0.25, -0.2) is 0 Å². The first-order valence-corrected chi connectivity index (χ1v) is 9.12. The largest absolute Gasteiger partial charge is 0.465 e. The van der Waals surface area contributed by atoms with E-state index in [4.69, 9.17) is 18.9 Å². The fourth-order valence-electron chi connectivity index (χ4n) is 5.67. The van der Waals surface area contributed by atoms with Gasteiger partial charge in [-0.1, -0.05) is 18.6 Å². The van der Waals surface area contributed by atoms with Gasteiger partial charge >= 0.3 is 11.9 Å². The Labute approximate surface area is 152 Å². The van der Waals surface area contributed by atoms with Gasteiger partial charge in [0.15, 0.2) is 0 Å². The van der Waals surface area contributed by atoms with Crippen LogP contribution in [0.4, 0.5) is 0 Å². The summed E-state index contributed by atoms with van der Waals surface area (Å²) in [6.07, 6.45) is 0.972. The van der Waals surface area contributed by atoms with Crippen LogP contribution in [-0.2, 0) is 28.5 Å². The van der Waals surface area contributed by atoms with Gasteiger partial charge < -0.3 is 24.1 Å². The van der Waals surface area contributed by atoms with Crippen LogP contribution in [0, 0.1) is 10.8 Å². The maximum atomic E-state index is 11.6. The minimum absolute atomic E-state index is 0.0407. The highest BCUT2D eigenvalue weighted by Gasteiger charge is 2.83. The first kappa shape index (κ1) is 17.9. The molecule has 0 radical (unpaired) electrons. The number of aliphatic hydroxyl groups is 1. The van der Waals surface area contributed by atoms with Crippen LogP contribution < -0.4 is 0 Å². The van der Waals surface area contributed by atoms with E-state index < -0.39 is 40.7 Å². The standard InChI is InChI=1S/C19H26O7/c1-10-5-14(22)18(8-23-11(2)20)15(6-10)26-16-13(25-12(3)21)7-17(18,4)19(16)9-24-19/h6,13-16,22H,5,7-9H2,1-4H3/t13-,14-,15-,16-,17-,18+,19+/m1/s1. The highest BCUT2D eigenvalue weighted by atomic mass is 16.7. The SMILES string of the molecule is CC(=O)OC[C@]12[C@H](O)CC(C)=C[C@H]1O[C@@H]1[C@H](OC(C)=O)C[C@@]2(C)[C@]12CO2. The Kier molecular flexibility index (Phi) is 3.82. The molecule has 0 amide bonds. The molecule has 2 aliphatic heterocycles. The zero-order valence-corrected chi connectivity index (χ0v) is 15.6. The van der Waals surface area contributed by atoms with E-state index in [1.54, 1.807) is 0 Å². The Morgan fingerprint density at radius 1 is 1.35 bits per heavy atom. The van der Waals surface area contributed by atoms with Gasteiger partial charge in [-0.3, -0.25) is 9.59 Å². The molecule has 4 aliphatic rings. The van der Waals surface area contributed by atoms with Crippen molar-refractivity contribution in [1.82, 2.24) is 0 Å². The lowest BCUT2D eigenvalue weighted by atomic mass is 9.51. The van der Waals surface area contributed by atoms with Gasteiger partial charge in [-0.2, -0.15) is 0 Å². The second-order valence-electron chi connectivity index (χ2n) is 8.39. The minimum atomic E-state index is -0.847. The van der Waals surface area contributed by atoms with Crippen molar-refractivity contribution in [3.05, 3.63) is 11.6 Å². The minimum Gasteiger partial charge on any atom is -0.465 e. The molecule has 144 valence electrons. The molecule has 2 aliphatic carbocycles. The maximum Gasteiger partial charge on any atom is 0.302 e. The number of aliphatic hydroxyl groups excluding tert-OH is 1. The van der Waals surface area contributed by atoms with Crippen molar-refractivity contribution in [1.29, 1.82) is 0 Å². The van der Waals surface area contributed by atoms with E-state index >= 15 is 0 Å². The zero-order valence-electron chi connectivity index (χ0n) is 15.6. The van der Waals surface area contributed by atoms with Crippen LogP contribution in [0.3, 0.4) is 0 Å². The third kappa shape index (κ3) is 2.11. The van der Waals surface area contributed by atoms with Crippen LogP contribution in [-0.4, -0.2) is 60.3 Å². The number of fused-ring (bicyclic) bond motifs is 2. The van der Waals surface area contributed by atoms with Gasteiger partial charge in [0.25, 0.3) is 0 Å². The molecule has 2 heterocycles. The van der Waals surface area contributed by atoms with E-state index in [2.05, 4.69) is 0 Å². The molecule has 3 fully saturated rings. The summed E-state index contributed by atoms with van der Waals surface area (Å²) in [5.41, 5.74) is -0.996. The normalized spacial score (nSPS) is 48.6. The van der Waals surface area contributed by atoms with Crippen LogP contribution in [0.25, 0.3) is 0 Å². The Balaban J connectivity index is 1.82. The smallest absolute Gasteiger partial charge is 0.302 e. The van der Waals surface area contributed by atoms with Gasteiger partial charge in [0.05, 0.1) is 24.2 Å². The van der Waals surface area contributed by atoms with E-state index in [1.165, 1.54) is 13.8 Å². The molecule has 2 saturated heterocycles. The summed E-state index contributed by atoms with van der Waals surface area (Å²) in [5, 5.41) is 11.2. The Bertz CT molecular complexity index is 681. The molecule has 0 aromatic carbocycles. The van der Waals surface area contributed by atoms with E-state index in [0.29, 0.717) is 19.4 Å². The predicted molar refractivity (Wildman–Crippen MR) is 89.1 cm³/mol. The van der Waals surface area contributed by atoms with Crippen molar-refractivity contribution in [2.24, 2.45) is 10.8 Å². The first-order valence-electron chi connectivity index (χ1n) is 9.12. The topological polar surface area (TPSA) is 94.6 Å². The fraction of sp³-hybridized carbons (Fsp3) is 0.789. The second-order valence-corrected chi connectivity index (χ2v) is 8.39. The average Bonchev–Trinajstić information content (AvgIpc) is 3.28. The molecule has 2 bridgehead atoms. The summed E-state index contributed by atoms with van der Waals surface area (Å²) in [5.74, 6) is -0.766. The van der Waals surface area contributed by atoms with Gasteiger partial charge in [-0.15, -0.1) is 0 Å². The van der Waals surface area contributed by atoms with Crippen LogP contribution in [0.1, 0.15) is 40.5 Å². The van der Waals surface area contributed by atoms with E-state index in [0.717, 1.165) is 5.57 Å². The van der Waals surface area contributed by atoms with Gasteiger partial charge in [0.1, 0.15) is 24.4 Å². The number of esters is 2.